The highest BCUT2D eigenvalue weighted by atomic mass is 16.6. The lowest BCUT2D eigenvalue weighted by Gasteiger charge is -2.35. The van der Waals surface area contributed by atoms with Crippen molar-refractivity contribution in [3.8, 4) is 17.2 Å². The van der Waals surface area contributed by atoms with Crippen molar-refractivity contribution in [2.45, 2.75) is 19.6 Å². The second kappa shape index (κ2) is 10.3. The van der Waals surface area contributed by atoms with Crippen LogP contribution in [0.4, 0.5) is 4.79 Å². The van der Waals surface area contributed by atoms with Crippen LogP contribution in [-0.4, -0.2) is 49.4 Å². The molecule has 1 aromatic heterocycles. The molecule has 7 nitrogen and oxygen atoms in total. The van der Waals surface area contributed by atoms with E-state index in [-0.39, 0.29) is 18.7 Å². The van der Waals surface area contributed by atoms with Crippen molar-refractivity contribution < 1.29 is 19.0 Å². The molecule has 1 unspecified atom stereocenters. The monoisotopic (exact) mass is 485 g/mol. The first-order valence-corrected chi connectivity index (χ1v) is 12.1. The molecule has 3 aromatic carbocycles. The van der Waals surface area contributed by atoms with Crippen LogP contribution in [0.5, 0.6) is 11.5 Å². The minimum Gasteiger partial charge on any atom is -0.493 e. The van der Waals surface area contributed by atoms with Crippen LogP contribution in [0.3, 0.4) is 0 Å². The van der Waals surface area contributed by atoms with Crippen molar-refractivity contribution in [3.63, 3.8) is 0 Å². The van der Waals surface area contributed by atoms with Crippen LogP contribution in [0, 0.1) is 6.92 Å². The number of ether oxygens (including phenoxy) is 3. The van der Waals surface area contributed by atoms with Gasteiger partial charge in [0.05, 0.1) is 25.8 Å². The molecule has 7 heteroatoms. The Morgan fingerprint density at radius 1 is 0.972 bits per heavy atom. The van der Waals surface area contributed by atoms with Crippen molar-refractivity contribution in [2.24, 2.45) is 0 Å². The van der Waals surface area contributed by atoms with E-state index in [1.165, 1.54) is 0 Å². The fraction of sp³-hybridized carbons (Fsp3) is 0.276. The number of fused-ring (bicyclic) bond motifs is 1. The van der Waals surface area contributed by atoms with E-state index < -0.39 is 0 Å². The number of rotatable bonds is 6. The van der Waals surface area contributed by atoms with Gasteiger partial charge < -0.3 is 24.1 Å². The number of methoxy groups -OCH3 is 2. The smallest absolute Gasteiger partial charge is 0.410 e. The molecule has 1 aliphatic heterocycles. The summed E-state index contributed by atoms with van der Waals surface area (Å²) in [5.74, 6) is 1.40. The minimum atomic E-state index is -0.289. The maximum absolute atomic E-state index is 13.0. The molecular formula is C29H31N3O4. The summed E-state index contributed by atoms with van der Waals surface area (Å²) in [6, 6.07) is 24.2. The lowest BCUT2D eigenvalue weighted by Crippen LogP contribution is -2.48. The first-order valence-electron chi connectivity index (χ1n) is 12.1. The Morgan fingerprint density at radius 2 is 1.69 bits per heavy atom. The molecule has 0 saturated carbocycles. The predicted molar refractivity (Wildman–Crippen MR) is 140 cm³/mol. The summed E-state index contributed by atoms with van der Waals surface area (Å²) in [6.45, 7) is 4.38. The van der Waals surface area contributed by atoms with Crippen LogP contribution in [-0.2, 0) is 11.3 Å². The summed E-state index contributed by atoms with van der Waals surface area (Å²) in [5, 5.41) is 4.49. The summed E-state index contributed by atoms with van der Waals surface area (Å²) in [5.41, 5.74) is 5.24. The second-order valence-electron chi connectivity index (χ2n) is 8.93. The molecule has 1 aliphatic rings. The molecule has 1 amide bonds. The molecule has 186 valence electrons. The third-order valence-corrected chi connectivity index (χ3v) is 6.71. The molecule has 1 N–H and O–H groups in total. The van der Waals surface area contributed by atoms with Gasteiger partial charge in [-0.15, -0.1) is 0 Å². The highest BCUT2D eigenvalue weighted by molar-refractivity contribution is 5.86. The van der Waals surface area contributed by atoms with Crippen molar-refractivity contribution in [3.05, 3.63) is 89.6 Å². The predicted octanol–water partition coefficient (Wildman–Crippen LogP) is 5.24. The van der Waals surface area contributed by atoms with Crippen molar-refractivity contribution >= 4 is 17.0 Å². The SMILES string of the molecule is COc1cc2cc(C)n(-c3ccc(C4CNCCN4C(=O)OCc4ccccc4)cc3)c2cc1OC. The molecule has 0 radical (unpaired) electrons. The molecule has 2 heterocycles. The second-order valence-corrected chi connectivity index (χ2v) is 8.93. The van der Waals surface area contributed by atoms with Crippen molar-refractivity contribution in [2.75, 3.05) is 33.9 Å². The van der Waals surface area contributed by atoms with E-state index in [2.05, 4.69) is 47.1 Å². The first-order chi connectivity index (χ1) is 17.6. The van der Waals surface area contributed by atoms with Gasteiger partial charge in [-0.3, -0.25) is 4.90 Å². The van der Waals surface area contributed by atoms with Crippen molar-refractivity contribution in [1.29, 1.82) is 0 Å². The largest absolute Gasteiger partial charge is 0.493 e. The molecule has 0 bridgehead atoms. The van der Waals surface area contributed by atoms with Crippen LogP contribution in [0.2, 0.25) is 0 Å². The van der Waals surface area contributed by atoms with E-state index in [4.69, 9.17) is 14.2 Å². The number of aromatic nitrogens is 1. The summed E-state index contributed by atoms with van der Waals surface area (Å²) in [4.78, 5) is 14.8. The molecule has 1 fully saturated rings. The average molecular weight is 486 g/mol. The van der Waals surface area contributed by atoms with E-state index in [9.17, 15) is 4.79 Å². The summed E-state index contributed by atoms with van der Waals surface area (Å²) in [7, 11) is 3.29. The molecular weight excluding hydrogens is 454 g/mol. The van der Waals surface area contributed by atoms with Gasteiger partial charge in [0.25, 0.3) is 0 Å². The Kier molecular flexibility index (Phi) is 6.82. The number of nitrogens with zero attached hydrogens (tertiary/aromatic N) is 2. The van der Waals surface area contributed by atoms with Gasteiger partial charge in [0.1, 0.15) is 6.61 Å². The van der Waals surface area contributed by atoms with Gasteiger partial charge in [-0.1, -0.05) is 42.5 Å². The topological polar surface area (TPSA) is 65.0 Å². The number of carbonyl (C=O) groups excluding carboxylic acids is 1. The third kappa shape index (κ3) is 4.62. The molecule has 1 saturated heterocycles. The van der Waals surface area contributed by atoms with Crippen LogP contribution in [0.25, 0.3) is 16.6 Å². The number of nitrogens with one attached hydrogen (secondary N) is 1. The fourth-order valence-electron chi connectivity index (χ4n) is 4.88. The van der Waals surface area contributed by atoms with Gasteiger partial charge in [-0.05, 0) is 42.3 Å². The zero-order chi connectivity index (χ0) is 25.1. The van der Waals surface area contributed by atoms with Gasteiger partial charge in [0.15, 0.2) is 11.5 Å². The van der Waals surface area contributed by atoms with E-state index in [1.807, 2.05) is 47.4 Å². The Hall–Kier alpha value is -3.97. The lowest BCUT2D eigenvalue weighted by atomic mass is 10.0. The third-order valence-electron chi connectivity index (χ3n) is 6.71. The summed E-state index contributed by atoms with van der Waals surface area (Å²) >= 11 is 0. The number of piperazine rings is 1. The Balaban J connectivity index is 1.39. The Bertz CT molecular complexity index is 1350. The number of amides is 1. The first kappa shape index (κ1) is 23.8. The van der Waals surface area contributed by atoms with Crippen molar-refractivity contribution in [1.82, 2.24) is 14.8 Å². The van der Waals surface area contributed by atoms with Crippen LogP contribution in [0.15, 0.2) is 72.8 Å². The van der Waals surface area contributed by atoms with Gasteiger partial charge in [0, 0.05) is 42.5 Å². The number of benzene rings is 3. The van der Waals surface area contributed by atoms with E-state index >= 15 is 0 Å². The van der Waals surface area contributed by atoms with Gasteiger partial charge in [0.2, 0.25) is 0 Å². The average Bonchev–Trinajstić information content (AvgIpc) is 3.25. The van der Waals surface area contributed by atoms with E-state index in [0.717, 1.165) is 40.0 Å². The highest BCUT2D eigenvalue weighted by Crippen LogP contribution is 2.35. The van der Waals surface area contributed by atoms with E-state index in [0.29, 0.717) is 24.6 Å². The molecule has 5 rings (SSSR count). The maximum atomic E-state index is 13.0. The number of hydrogen-bond donors (Lipinski definition) is 1. The van der Waals surface area contributed by atoms with Crippen LogP contribution < -0.4 is 14.8 Å². The van der Waals surface area contributed by atoms with E-state index in [1.54, 1.807) is 14.2 Å². The van der Waals surface area contributed by atoms with Crippen LogP contribution >= 0.6 is 0 Å². The lowest BCUT2D eigenvalue weighted by molar-refractivity contribution is 0.0720. The highest BCUT2D eigenvalue weighted by Gasteiger charge is 2.29. The van der Waals surface area contributed by atoms with Gasteiger partial charge in [-0.2, -0.15) is 0 Å². The normalized spacial score (nSPS) is 15.6. The number of hydrogen-bond acceptors (Lipinski definition) is 5. The Morgan fingerprint density at radius 3 is 2.42 bits per heavy atom. The van der Waals surface area contributed by atoms with Gasteiger partial charge in [-0.25, -0.2) is 4.79 Å². The fourth-order valence-corrected chi connectivity index (χ4v) is 4.88. The molecule has 1 atom stereocenters. The minimum absolute atomic E-state index is 0.0945. The number of aryl methyl sites for hydroxylation is 1. The zero-order valence-electron chi connectivity index (χ0n) is 20.9. The molecule has 4 aromatic rings. The number of carbonyl (C=O) groups is 1. The molecule has 36 heavy (non-hydrogen) atoms. The molecule has 0 spiro atoms. The van der Waals surface area contributed by atoms with Crippen LogP contribution in [0.1, 0.15) is 22.9 Å². The quantitative estimate of drug-likeness (QED) is 0.405. The van der Waals surface area contributed by atoms with Gasteiger partial charge >= 0.3 is 6.09 Å². The zero-order valence-corrected chi connectivity index (χ0v) is 20.9. The summed E-state index contributed by atoms with van der Waals surface area (Å²) < 4.78 is 18.8. The molecule has 0 aliphatic carbocycles. The maximum Gasteiger partial charge on any atom is 0.410 e. The standard InChI is InChI=1S/C29H31N3O4/c1-20-15-23-16-27(34-2)28(35-3)17-25(23)32(20)24-11-9-22(10-12-24)26-18-30-13-14-31(26)29(33)36-19-21-7-5-4-6-8-21/h4-12,15-17,26,30H,13-14,18-19H2,1-3H3. The Labute approximate surface area is 211 Å². The summed E-state index contributed by atoms with van der Waals surface area (Å²) in [6.07, 6.45) is -0.289.